The molecule has 1 saturated heterocycles. The van der Waals surface area contributed by atoms with E-state index in [0.717, 1.165) is 21.9 Å². The van der Waals surface area contributed by atoms with E-state index in [1.807, 2.05) is 36.4 Å². The Balaban J connectivity index is 1.65. The van der Waals surface area contributed by atoms with Gasteiger partial charge in [0.05, 0.1) is 24.8 Å². The third-order valence-corrected chi connectivity index (χ3v) is 5.69. The Morgan fingerprint density at radius 2 is 1.87 bits per heavy atom. The smallest absolute Gasteiger partial charge is 0.244 e. The van der Waals surface area contributed by atoms with E-state index in [-0.39, 0.29) is 11.7 Å². The average molecular weight is 417 g/mol. The highest BCUT2D eigenvalue weighted by molar-refractivity contribution is 5.88. The number of benzene rings is 3. The molecule has 1 atom stereocenters. The predicted octanol–water partition coefficient (Wildman–Crippen LogP) is 3.88. The van der Waals surface area contributed by atoms with E-state index >= 15 is 0 Å². The highest BCUT2D eigenvalue weighted by Crippen LogP contribution is 2.27. The first-order valence-corrected chi connectivity index (χ1v) is 10.3. The highest BCUT2D eigenvalue weighted by atomic mass is 19.1. The molecule has 0 spiro atoms. The van der Waals surface area contributed by atoms with Crippen molar-refractivity contribution in [3.8, 4) is 6.07 Å². The van der Waals surface area contributed by atoms with Gasteiger partial charge in [0.25, 0.3) is 0 Å². The van der Waals surface area contributed by atoms with Crippen LogP contribution in [0.25, 0.3) is 10.8 Å². The maximum Gasteiger partial charge on any atom is 0.244 e. The van der Waals surface area contributed by atoms with E-state index in [0.29, 0.717) is 38.4 Å². The molecule has 5 nitrogen and oxygen atoms in total. The fourth-order valence-electron chi connectivity index (χ4n) is 4.12. The number of amides is 1. The number of halogens is 1. The lowest BCUT2D eigenvalue weighted by Gasteiger charge is -2.36. The third kappa shape index (κ3) is 4.58. The first-order chi connectivity index (χ1) is 15.1. The van der Waals surface area contributed by atoms with Crippen molar-refractivity contribution in [2.24, 2.45) is 0 Å². The van der Waals surface area contributed by atoms with Crippen molar-refractivity contribution in [2.45, 2.75) is 12.6 Å². The summed E-state index contributed by atoms with van der Waals surface area (Å²) in [5, 5.41) is 11.4. The molecule has 31 heavy (non-hydrogen) atoms. The zero-order valence-corrected chi connectivity index (χ0v) is 17.4. The molecule has 3 aromatic carbocycles. The lowest BCUT2D eigenvalue weighted by molar-refractivity contribution is -0.138. The first kappa shape index (κ1) is 21.0. The lowest BCUT2D eigenvalue weighted by Crippen LogP contribution is -2.46. The van der Waals surface area contributed by atoms with Crippen LogP contribution in [0.5, 0.6) is 0 Å². The molecule has 0 aliphatic carbocycles. The number of hydrogen-bond donors (Lipinski definition) is 0. The Bertz CT molecular complexity index is 1120. The summed E-state index contributed by atoms with van der Waals surface area (Å²) in [6.45, 7) is 2.76. The molecule has 1 aliphatic heterocycles. The van der Waals surface area contributed by atoms with E-state index in [1.165, 1.54) is 12.1 Å². The fourth-order valence-corrected chi connectivity index (χ4v) is 4.12. The predicted molar refractivity (Wildman–Crippen MR) is 117 cm³/mol. The Kier molecular flexibility index (Phi) is 6.26. The SMILES string of the molecule is CN(Cc1cc(C#N)cc2ccccc12)C(=O)C(c1ccc(F)cc1)N1CCOCC1. The second-order valence-corrected chi connectivity index (χ2v) is 7.77. The number of fused-ring (bicyclic) bond motifs is 1. The second kappa shape index (κ2) is 9.25. The minimum Gasteiger partial charge on any atom is -0.379 e. The zero-order valence-electron chi connectivity index (χ0n) is 17.4. The number of hydrogen-bond acceptors (Lipinski definition) is 4. The molecule has 3 aromatic rings. The number of carbonyl (C=O) groups excluding carboxylic acids is 1. The normalized spacial score (nSPS) is 15.4. The molecular weight excluding hydrogens is 393 g/mol. The van der Waals surface area contributed by atoms with E-state index < -0.39 is 6.04 Å². The van der Waals surface area contributed by atoms with Gasteiger partial charge in [-0.25, -0.2) is 4.39 Å². The van der Waals surface area contributed by atoms with Gasteiger partial charge in [0, 0.05) is 26.7 Å². The minimum atomic E-state index is -0.514. The van der Waals surface area contributed by atoms with Crippen LogP contribution < -0.4 is 0 Å². The fraction of sp³-hybridized carbons (Fsp3) is 0.280. The van der Waals surface area contributed by atoms with Gasteiger partial charge in [0.1, 0.15) is 11.9 Å². The van der Waals surface area contributed by atoms with Crippen molar-refractivity contribution in [1.82, 2.24) is 9.80 Å². The van der Waals surface area contributed by atoms with Gasteiger partial charge in [-0.3, -0.25) is 9.69 Å². The van der Waals surface area contributed by atoms with Gasteiger partial charge in [-0.15, -0.1) is 0 Å². The summed E-state index contributed by atoms with van der Waals surface area (Å²) in [5.74, 6) is -0.398. The maximum atomic E-state index is 13.6. The van der Waals surface area contributed by atoms with E-state index in [1.54, 1.807) is 24.1 Å². The number of rotatable bonds is 5. The number of ether oxygens (including phenoxy) is 1. The van der Waals surface area contributed by atoms with Crippen LogP contribution in [0.3, 0.4) is 0 Å². The van der Waals surface area contributed by atoms with E-state index in [2.05, 4.69) is 11.0 Å². The van der Waals surface area contributed by atoms with Crippen LogP contribution in [0.1, 0.15) is 22.7 Å². The monoisotopic (exact) mass is 417 g/mol. The summed E-state index contributed by atoms with van der Waals surface area (Å²) in [7, 11) is 1.77. The summed E-state index contributed by atoms with van der Waals surface area (Å²) in [6.07, 6.45) is 0. The maximum absolute atomic E-state index is 13.6. The van der Waals surface area contributed by atoms with Crippen molar-refractivity contribution in [2.75, 3.05) is 33.4 Å². The number of morpholine rings is 1. The molecule has 6 heteroatoms. The van der Waals surface area contributed by atoms with Gasteiger partial charge in [0.2, 0.25) is 5.91 Å². The van der Waals surface area contributed by atoms with Crippen LogP contribution >= 0.6 is 0 Å². The Labute approximate surface area is 181 Å². The molecule has 1 aliphatic rings. The van der Waals surface area contributed by atoms with Crippen molar-refractivity contribution >= 4 is 16.7 Å². The number of carbonyl (C=O) groups is 1. The molecule has 1 unspecified atom stereocenters. The Hall–Kier alpha value is -3.27. The van der Waals surface area contributed by atoms with Crippen LogP contribution in [-0.2, 0) is 16.1 Å². The molecule has 0 aromatic heterocycles. The van der Waals surface area contributed by atoms with E-state index in [4.69, 9.17) is 4.74 Å². The number of likely N-dealkylation sites (N-methyl/N-ethyl adjacent to an activating group) is 1. The summed E-state index contributed by atoms with van der Waals surface area (Å²) >= 11 is 0. The quantitative estimate of drug-likeness (QED) is 0.632. The highest BCUT2D eigenvalue weighted by Gasteiger charge is 2.31. The van der Waals surface area contributed by atoms with Crippen molar-refractivity contribution in [3.05, 3.63) is 83.2 Å². The van der Waals surface area contributed by atoms with Gasteiger partial charge in [-0.1, -0.05) is 36.4 Å². The van der Waals surface area contributed by atoms with Gasteiger partial charge in [-0.05, 0) is 46.2 Å². The molecule has 1 fully saturated rings. The third-order valence-electron chi connectivity index (χ3n) is 5.69. The van der Waals surface area contributed by atoms with Gasteiger partial charge in [0.15, 0.2) is 0 Å². The molecule has 1 amide bonds. The molecule has 4 rings (SSSR count). The summed E-state index contributed by atoms with van der Waals surface area (Å²) in [4.78, 5) is 17.4. The van der Waals surface area contributed by atoms with Gasteiger partial charge >= 0.3 is 0 Å². The summed E-state index contributed by atoms with van der Waals surface area (Å²) in [6, 6.07) is 19.4. The van der Waals surface area contributed by atoms with Crippen LogP contribution in [0, 0.1) is 17.1 Å². The molecule has 0 N–H and O–H groups in total. The molecule has 0 bridgehead atoms. The molecule has 158 valence electrons. The van der Waals surface area contributed by atoms with Crippen LogP contribution in [0.2, 0.25) is 0 Å². The summed E-state index contributed by atoms with van der Waals surface area (Å²) < 4.78 is 19.0. The number of nitrogens with zero attached hydrogens (tertiary/aromatic N) is 3. The zero-order chi connectivity index (χ0) is 21.8. The van der Waals surface area contributed by atoms with Gasteiger partial charge < -0.3 is 9.64 Å². The first-order valence-electron chi connectivity index (χ1n) is 10.3. The Morgan fingerprint density at radius 3 is 2.58 bits per heavy atom. The number of nitriles is 1. The van der Waals surface area contributed by atoms with Crippen molar-refractivity contribution < 1.29 is 13.9 Å². The molecule has 0 radical (unpaired) electrons. The Morgan fingerprint density at radius 1 is 1.16 bits per heavy atom. The lowest BCUT2D eigenvalue weighted by atomic mass is 9.99. The van der Waals surface area contributed by atoms with Crippen LogP contribution in [0.4, 0.5) is 4.39 Å². The molecular formula is C25H24FN3O2. The van der Waals surface area contributed by atoms with Crippen molar-refractivity contribution in [3.63, 3.8) is 0 Å². The molecule has 0 saturated carbocycles. The van der Waals surface area contributed by atoms with E-state index in [9.17, 15) is 14.4 Å². The second-order valence-electron chi connectivity index (χ2n) is 7.77. The minimum absolute atomic E-state index is 0.0695. The average Bonchev–Trinajstić information content (AvgIpc) is 2.81. The van der Waals surface area contributed by atoms with Crippen LogP contribution in [-0.4, -0.2) is 49.1 Å². The topological polar surface area (TPSA) is 56.6 Å². The van der Waals surface area contributed by atoms with Crippen molar-refractivity contribution in [1.29, 1.82) is 5.26 Å². The van der Waals surface area contributed by atoms with Crippen LogP contribution in [0.15, 0.2) is 60.7 Å². The summed E-state index contributed by atoms with van der Waals surface area (Å²) in [5.41, 5.74) is 2.25. The van der Waals surface area contributed by atoms with Gasteiger partial charge in [-0.2, -0.15) is 5.26 Å². The molecule has 1 heterocycles. The largest absolute Gasteiger partial charge is 0.379 e. The standard InChI is InChI=1S/C25H24FN3O2/c1-28(17-21-15-18(16-27)14-20-4-2-3-5-23(20)21)25(30)24(29-10-12-31-13-11-29)19-6-8-22(26)9-7-19/h2-9,14-15,24H,10-13,17H2,1H3.